The summed E-state index contributed by atoms with van der Waals surface area (Å²) >= 11 is 0. The molecule has 4 nitrogen and oxygen atoms in total. The van der Waals surface area contributed by atoms with Crippen LogP contribution in [0.15, 0.2) is 24.4 Å². The smallest absolute Gasteiger partial charge is 0.172 e. The minimum Gasteiger partial charge on any atom is -0.383 e. The molecule has 2 rings (SSSR count). The van der Waals surface area contributed by atoms with Gasteiger partial charge < -0.3 is 5.73 Å². The minimum absolute atomic E-state index is 0.0143. The number of carbonyl (C=O) groups is 1. The van der Waals surface area contributed by atoms with E-state index in [9.17, 15) is 4.79 Å². The van der Waals surface area contributed by atoms with Crippen LogP contribution in [0.5, 0.6) is 0 Å². The normalized spacial score (nSPS) is 10.5. The lowest BCUT2D eigenvalue weighted by Gasteiger charge is -2.04. The fourth-order valence-corrected chi connectivity index (χ4v) is 1.71. The number of benzene rings is 1. The van der Waals surface area contributed by atoms with Crippen molar-refractivity contribution in [1.29, 1.82) is 0 Å². The highest BCUT2D eigenvalue weighted by molar-refractivity contribution is 6.01. The second-order valence-corrected chi connectivity index (χ2v) is 4.22. The number of carbonyl (C=O) groups excluding carboxylic acids is 1. The van der Waals surface area contributed by atoms with Crippen molar-refractivity contribution in [2.75, 3.05) is 5.73 Å². The number of rotatable bonds is 3. The third-order valence-corrected chi connectivity index (χ3v) is 2.91. The molecule has 17 heavy (non-hydrogen) atoms. The zero-order valence-electron chi connectivity index (χ0n) is 9.95. The Morgan fingerprint density at radius 3 is 2.71 bits per heavy atom. The van der Waals surface area contributed by atoms with E-state index in [0.717, 1.165) is 5.56 Å². The van der Waals surface area contributed by atoms with Gasteiger partial charge in [0.15, 0.2) is 5.78 Å². The van der Waals surface area contributed by atoms with Crippen molar-refractivity contribution < 1.29 is 4.79 Å². The van der Waals surface area contributed by atoms with E-state index in [2.05, 4.69) is 17.1 Å². The van der Waals surface area contributed by atoms with Gasteiger partial charge in [-0.15, -0.1) is 0 Å². The molecule has 1 heterocycles. The molecule has 0 saturated carbocycles. The molecule has 0 aliphatic heterocycles. The molecule has 2 aromatic rings. The molecule has 0 unspecified atom stereocenters. The third kappa shape index (κ3) is 2.36. The van der Waals surface area contributed by atoms with Gasteiger partial charge in [0.1, 0.15) is 5.82 Å². The summed E-state index contributed by atoms with van der Waals surface area (Å²) < 4.78 is 0. The Bertz CT molecular complexity index is 558. The first kappa shape index (κ1) is 11.4. The van der Waals surface area contributed by atoms with Crippen LogP contribution in [-0.4, -0.2) is 16.0 Å². The number of aryl methyl sites for hydroxylation is 2. The summed E-state index contributed by atoms with van der Waals surface area (Å²) in [5, 5.41) is 6.31. The number of anilines is 1. The van der Waals surface area contributed by atoms with Crippen LogP contribution in [0.3, 0.4) is 0 Å². The molecular weight excluding hydrogens is 214 g/mol. The van der Waals surface area contributed by atoms with Crippen LogP contribution >= 0.6 is 0 Å². The standard InChI is InChI=1S/C13H15N3O/c1-8-3-4-10(5-9(8)2)6-12(17)11-7-15-16-13(11)14/h3-5,7H,6H2,1-2H3,(H3,14,15,16). The number of aromatic nitrogens is 2. The fraction of sp³-hybridized carbons (Fsp3) is 0.231. The van der Waals surface area contributed by atoms with Gasteiger partial charge in [0, 0.05) is 6.42 Å². The van der Waals surface area contributed by atoms with Crippen molar-refractivity contribution in [2.24, 2.45) is 0 Å². The van der Waals surface area contributed by atoms with E-state index in [0.29, 0.717) is 17.8 Å². The Balaban J connectivity index is 2.19. The highest BCUT2D eigenvalue weighted by Gasteiger charge is 2.12. The van der Waals surface area contributed by atoms with Crippen LogP contribution in [0.25, 0.3) is 0 Å². The maximum atomic E-state index is 12.0. The highest BCUT2D eigenvalue weighted by atomic mass is 16.1. The number of nitrogens with one attached hydrogen (secondary N) is 1. The number of nitrogens with zero attached hydrogens (tertiary/aromatic N) is 1. The van der Waals surface area contributed by atoms with Gasteiger partial charge in [0.2, 0.25) is 0 Å². The number of nitrogens with two attached hydrogens (primary N) is 1. The molecule has 88 valence electrons. The van der Waals surface area contributed by atoms with Gasteiger partial charge in [-0.1, -0.05) is 18.2 Å². The molecule has 0 saturated heterocycles. The average Bonchev–Trinajstić information content (AvgIpc) is 2.70. The van der Waals surface area contributed by atoms with E-state index in [1.165, 1.54) is 17.3 Å². The van der Waals surface area contributed by atoms with Crippen molar-refractivity contribution in [3.63, 3.8) is 0 Å². The fourth-order valence-electron chi connectivity index (χ4n) is 1.71. The second-order valence-electron chi connectivity index (χ2n) is 4.22. The number of H-pyrrole nitrogens is 1. The summed E-state index contributed by atoms with van der Waals surface area (Å²) in [6, 6.07) is 6.02. The van der Waals surface area contributed by atoms with Crippen LogP contribution in [0.4, 0.5) is 5.82 Å². The predicted octanol–water partition coefficient (Wildman–Crippen LogP) is 2.03. The molecule has 1 aromatic heterocycles. The summed E-state index contributed by atoms with van der Waals surface area (Å²) in [5.74, 6) is 0.318. The monoisotopic (exact) mass is 229 g/mol. The topological polar surface area (TPSA) is 71.8 Å². The number of nitrogen functional groups attached to an aromatic ring is 1. The summed E-state index contributed by atoms with van der Waals surface area (Å²) in [6.45, 7) is 4.09. The van der Waals surface area contributed by atoms with Crippen molar-refractivity contribution in [2.45, 2.75) is 20.3 Å². The van der Waals surface area contributed by atoms with Gasteiger partial charge >= 0.3 is 0 Å². The van der Waals surface area contributed by atoms with Gasteiger partial charge in [0.25, 0.3) is 0 Å². The molecule has 0 radical (unpaired) electrons. The first-order chi connectivity index (χ1) is 8.08. The Hall–Kier alpha value is -2.10. The van der Waals surface area contributed by atoms with Crippen LogP contribution < -0.4 is 5.73 Å². The van der Waals surface area contributed by atoms with Crippen molar-refractivity contribution in [1.82, 2.24) is 10.2 Å². The van der Waals surface area contributed by atoms with Gasteiger partial charge in [-0.25, -0.2) is 0 Å². The van der Waals surface area contributed by atoms with E-state index >= 15 is 0 Å². The lowest BCUT2D eigenvalue weighted by molar-refractivity contribution is 0.0994. The zero-order chi connectivity index (χ0) is 12.4. The van der Waals surface area contributed by atoms with E-state index < -0.39 is 0 Å². The number of ketones is 1. The zero-order valence-corrected chi connectivity index (χ0v) is 9.95. The highest BCUT2D eigenvalue weighted by Crippen LogP contribution is 2.14. The van der Waals surface area contributed by atoms with Crippen LogP contribution in [0.1, 0.15) is 27.0 Å². The molecule has 0 spiro atoms. The van der Waals surface area contributed by atoms with Gasteiger partial charge in [0.05, 0.1) is 11.8 Å². The Kier molecular flexibility index (Phi) is 2.95. The maximum Gasteiger partial charge on any atom is 0.172 e. The molecule has 3 N–H and O–H groups in total. The summed E-state index contributed by atoms with van der Waals surface area (Å²) in [7, 11) is 0. The average molecular weight is 229 g/mol. The van der Waals surface area contributed by atoms with Crippen LogP contribution in [0.2, 0.25) is 0 Å². The SMILES string of the molecule is Cc1ccc(CC(=O)c2cn[nH]c2N)cc1C. The minimum atomic E-state index is -0.0143. The molecule has 4 heteroatoms. The lowest BCUT2D eigenvalue weighted by atomic mass is 10.0. The first-order valence-corrected chi connectivity index (χ1v) is 5.46. The molecule has 1 aromatic carbocycles. The molecule has 0 atom stereocenters. The third-order valence-electron chi connectivity index (χ3n) is 2.91. The Labute approximate surface area is 99.8 Å². The maximum absolute atomic E-state index is 12.0. The number of hydrogen-bond donors (Lipinski definition) is 2. The van der Waals surface area contributed by atoms with Crippen molar-refractivity contribution in [3.05, 3.63) is 46.6 Å². The molecule has 0 amide bonds. The van der Waals surface area contributed by atoms with Crippen molar-refractivity contribution >= 4 is 11.6 Å². The molecule has 0 aliphatic rings. The summed E-state index contributed by atoms with van der Waals surface area (Å²) in [5.41, 5.74) is 9.49. The van der Waals surface area contributed by atoms with Crippen LogP contribution in [0, 0.1) is 13.8 Å². The number of hydrogen-bond acceptors (Lipinski definition) is 3. The molecule has 0 fully saturated rings. The predicted molar refractivity (Wildman–Crippen MR) is 67.0 cm³/mol. The van der Waals surface area contributed by atoms with E-state index in [1.807, 2.05) is 25.1 Å². The van der Waals surface area contributed by atoms with Gasteiger partial charge in [-0.05, 0) is 30.5 Å². The molecule has 0 aliphatic carbocycles. The number of aromatic amines is 1. The van der Waals surface area contributed by atoms with Gasteiger partial charge in [-0.3, -0.25) is 9.89 Å². The van der Waals surface area contributed by atoms with E-state index in [1.54, 1.807) is 0 Å². The van der Waals surface area contributed by atoms with Crippen LogP contribution in [-0.2, 0) is 6.42 Å². The largest absolute Gasteiger partial charge is 0.383 e. The Morgan fingerprint density at radius 1 is 1.35 bits per heavy atom. The first-order valence-electron chi connectivity index (χ1n) is 5.46. The van der Waals surface area contributed by atoms with E-state index in [-0.39, 0.29) is 5.78 Å². The summed E-state index contributed by atoms with van der Waals surface area (Å²) in [6.07, 6.45) is 1.82. The Morgan fingerprint density at radius 2 is 2.12 bits per heavy atom. The second kappa shape index (κ2) is 4.41. The number of Topliss-reactive ketones (excluding diaryl/α,β-unsaturated/α-hetero) is 1. The summed E-state index contributed by atoms with van der Waals surface area (Å²) in [4.78, 5) is 12.0. The molecule has 0 bridgehead atoms. The quantitative estimate of drug-likeness (QED) is 0.791. The molecular formula is C13H15N3O. The van der Waals surface area contributed by atoms with Crippen molar-refractivity contribution in [3.8, 4) is 0 Å². The van der Waals surface area contributed by atoms with E-state index in [4.69, 9.17) is 5.73 Å². The van der Waals surface area contributed by atoms with Gasteiger partial charge in [-0.2, -0.15) is 5.10 Å². The lowest BCUT2D eigenvalue weighted by Crippen LogP contribution is -2.05.